The lowest BCUT2D eigenvalue weighted by atomic mass is 10.1. The first-order valence-electron chi connectivity index (χ1n) is 7.80. The minimum absolute atomic E-state index is 0.200. The Labute approximate surface area is 142 Å². The number of hydrogen-bond acceptors (Lipinski definition) is 3. The number of ether oxygens (including phenoxy) is 2. The van der Waals surface area contributed by atoms with E-state index >= 15 is 0 Å². The second-order valence-electron chi connectivity index (χ2n) is 6.27. The third-order valence-electron chi connectivity index (χ3n) is 3.08. The summed E-state index contributed by atoms with van der Waals surface area (Å²) < 4.78 is 35.4. The molecule has 0 saturated heterocycles. The number of carbonyl (C=O) groups excluding carboxylic acids is 1. The summed E-state index contributed by atoms with van der Waals surface area (Å²) in [5.74, 6) is 0.322. The van der Waals surface area contributed by atoms with Gasteiger partial charge in [0.05, 0.1) is 6.54 Å². The zero-order valence-corrected chi connectivity index (χ0v) is 14.6. The normalized spacial score (nSPS) is 11.3. The SMILES string of the molecule is C=Cc1ccc(OCC(F)F)c(CN(CC)C(=O)OC(C)(C)C)c1. The van der Waals surface area contributed by atoms with Gasteiger partial charge < -0.3 is 14.4 Å². The van der Waals surface area contributed by atoms with Gasteiger partial charge in [0.15, 0.2) is 0 Å². The molecule has 1 amide bonds. The van der Waals surface area contributed by atoms with E-state index in [1.54, 1.807) is 45.0 Å². The van der Waals surface area contributed by atoms with E-state index in [2.05, 4.69) is 6.58 Å². The molecule has 6 heteroatoms. The molecule has 0 bridgehead atoms. The Morgan fingerprint density at radius 3 is 2.54 bits per heavy atom. The van der Waals surface area contributed by atoms with Crippen molar-refractivity contribution in [2.75, 3.05) is 13.2 Å². The molecule has 0 saturated carbocycles. The first kappa shape index (κ1) is 19.9. The van der Waals surface area contributed by atoms with Gasteiger partial charge in [-0.3, -0.25) is 0 Å². The number of benzene rings is 1. The van der Waals surface area contributed by atoms with Gasteiger partial charge in [0.25, 0.3) is 6.43 Å². The van der Waals surface area contributed by atoms with E-state index in [-0.39, 0.29) is 6.54 Å². The van der Waals surface area contributed by atoms with E-state index in [1.165, 1.54) is 4.90 Å². The maximum absolute atomic E-state index is 12.4. The fraction of sp³-hybridized carbons (Fsp3) is 0.500. The standard InChI is InChI=1S/C18H25F2NO3/c1-6-13-8-9-15(23-12-16(19)20)14(10-13)11-21(7-2)17(22)24-18(3,4)5/h6,8-10,16H,1,7,11-12H2,2-5H3. The molecule has 0 spiro atoms. The summed E-state index contributed by atoms with van der Waals surface area (Å²) in [5, 5.41) is 0. The van der Waals surface area contributed by atoms with Crippen molar-refractivity contribution in [1.82, 2.24) is 4.90 Å². The lowest BCUT2D eigenvalue weighted by Gasteiger charge is -2.27. The van der Waals surface area contributed by atoms with E-state index in [0.717, 1.165) is 5.56 Å². The molecule has 0 heterocycles. The highest BCUT2D eigenvalue weighted by Crippen LogP contribution is 2.24. The number of nitrogens with zero attached hydrogens (tertiary/aromatic N) is 1. The van der Waals surface area contributed by atoms with Crippen LogP contribution in [0.25, 0.3) is 6.08 Å². The van der Waals surface area contributed by atoms with E-state index in [4.69, 9.17) is 9.47 Å². The average molecular weight is 341 g/mol. The molecule has 0 unspecified atom stereocenters. The van der Waals surface area contributed by atoms with Gasteiger partial charge in [-0.15, -0.1) is 0 Å². The van der Waals surface area contributed by atoms with Crippen molar-refractivity contribution in [2.24, 2.45) is 0 Å². The fourth-order valence-electron chi connectivity index (χ4n) is 1.98. The van der Waals surface area contributed by atoms with Gasteiger partial charge >= 0.3 is 6.09 Å². The number of alkyl halides is 2. The molecule has 0 aliphatic heterocycles. The molecule has 1 aromatic rings. The average Bonchev–Trinajstić information content (AvgIpc) is 2.48. The topological polar surface area (TPSA) is 38.8 Å². The van der Waals surface area contributed by atoms with Crippen LogP contribution < -0.4 is 4.74 Å². The van der Waals surface area contributed by atoms with E-state index < -0.39 is 24.7 Å². The summed E-state index contributed by atoms with van der Waals surface area (Å²) >= 11 is 0. The van der Waals surface area contributed by atoms with Crippen molar-refractivity contribution in [1.29, 1.82) is 0 Å². The van der Waals surface area contributed by atoms with Gasteiger partial charge in [-0.25, -0.2) is 13.6 Å². The summed E-state index contributed by atoms with van der Waals surface area (Å²) in [6.07, 6.45) is -1.39. The maximum Gasteiger partial charge on any atom is 0.410 e. The fourth-order valence-corrected chi connectivity index (χ4v) is 1.98. The zero-order valence-electron chi connectivity index (χ0n) is 14.6. The van der Waals surface area contributed by atoms with Crippen molar-refractivity contribution >= 4 is 12.2 Å². The molecule has 0 N–H and O–H groups in total. The monoisotopic (exact) mass is 341 g/mol. The first-order valence-corrected chi connectivity index (χ1v) is 7.80. The lowest BCUT2D eigenvalue weighted by molar-refractivity contribution is 0.0241. The Morgan fingerprint density at radius 2 is 2.04 bits per heavy atom. The molecule has 0 aliphatic rings. The van der Waals surface area contributed by atoms with Crippen molar-refractivity contribution in [3.8, 4) is 5.75 Å². The third kappa shape index (κ3) is 6.56. The molecule has 0 aromatic heterocycles. The number of carbonyl (C=O) groups is 1. The second-order valence-corrected chi connectivity index (χ2v) is 6.27. The Kier molecular flexibility index (Phi) is 7.19. The van der Waals surface area contributed by atoms with Crippen LogP contribution in [0.1, 0.15) is 38.8 Å². The highest BCUT2D eigenvalue weighted by atomic mass is 19.3. The Balaban J connectivity index is 2.99. The predicted octanol–water partition coefficient (Wildman–Crippen LogP) is 4.73. The van der Waals surface area contributed by atoms with E-state index in [9.17, 15) is 13.6 Å². The molecule has 0 radical (unpaired) electrons. The first-order chi connectivity index (χ1) is 11.2. The highest BCUT2D eigenvalue weighted by molar-refractivity contribution is 5.68. The smallest absolute Gasteiger partial charge is 0.410 e. The molecule has 0 aliphatic carbocycles. The summed E-state index contributed by atoms with van der Waals surface area (Å²) in [6, 6.07) is 5.10. The molecular formula is C18H25F2NO3. The van der Waals surface area contributed by atoms with Crippen LogP contribution in [0, 0.1) is 0 Å². The van der Waals surface area contributed by atoms with Gasteiger partial charge in [-0.1, -0.05) is 18.7 Å². The van der Waals surface area contributed by atoms with Crippen LogP contribution in [-0.4, -0.2) is 36.2 Å². The van der Waals surface area contributed by atoms with Crippen LogP contribution in [0.15, 0.2) is 24.8 Å². The number of rotatable bonds is 7. The summed E-state index contributed by atoms with van der Waals surface area (Å²) in [7, 11) is 0. The number of hydrogen-bond donors (Lipinski definition) is 0. The lowest BCUT2D eigenvalue weighted by Crippen LogP contribution is -2.36. The van der Waals surface area contributed by atoms with Gasteiger partial charge in [-0.05, 0) is 45.4 Å². The quantitative estimate of drug-likeness (QED) is 0.719. The van der Waals surface area contributed by atoms with Crippen molar-refractivity contribution in [3.63, 3.8) is 0 Å². The highest BCUT2D eigenvalue weighted by Gasteiger charge is 2.22. The van der Waals surface area contributed by atoms with Crippen LogP contribution >= 0.6 is 0 Å². The number of halogens is 2. The molecule has 1 aromatic carbocycles. The van der Waals surface area contributed by atoms with Crippen molar-refractivity contribution in [3.05, 3.63) is 35.9 Å². The third-order valence-corrected chi connectivity index (χ3v) is 3.08. The van der Waals surface area contributed by atoms with E-state index in [1.807, 2.05) is 6.92 Å². The Hall–Kier alpha value is -2.11. The largest absolute Gasteiger partial charge is 0.487 e. The summed E-state index contributed by atoms with van der Waals surface area (Å²) in [6.45, 7) is 10.8. The van der Waals surface area contributed by atoms with E-state index in [0.29, 0.717) is 17.9 Å². The summed E-state index contributed by atoms with van der Waals surface area (Å²) in [4.78, 5) is 13.7. The van der Waals surface area contributed by atoms with Gasteiger partial charge in [0, 0.05) is 12.1 Å². The minimum atomic E-state index is -2.56. The van der Waals surface area contributed by atoms with Crippen molar-refractivity contribution < 1.29 is 23.0 Å². The Morgan fingerprint density at radius 1 is 1.38 bits per heavy atom. The second kappa shape index (κ2) is 8.66. The van der Waals surface area contributed by atoms with Gasteiger partial charge in [0.2, 0.25) is 0 Å². The van der Waals surface area contributed by atoms with Crippen LogP contribution in [0.4, 0.5) is 13.6 Å². The Bertz CT molecular complexity index is 568. The molecule has 4 nitrogen and oxygen atoms in total. The maximum atomic E-state index is 12.4. The van der Waals surface area contributed by atoms with Crippen LogP contribution in [0.5, 0.6) is 5.75 Å². The zero-order chi connectivity index (χ0) is 18.3. The molecule has 1 rings (SSSR count). The molecule has 24 heavy (non-hydrogen) atoms. The number of amides is 1. The van der Waals surface area contributed by atoms with Crippen molar-refractivity contribution in [2.45, 2.75) is 46.3 Å². The molecule has 134 valence electrons. The molecule has 0 fully saturated rings. The van der Waals surface area contributed by atoms with Crippen LogP contribution in [0.3, 0.4) is 0 Å². The van der Waals surface area contributed by atoms with Crippen LogP contribution in [-0.2, 0) is 11.3 Å². The van der Waals surface area contributed by atoms with Crippen LogP contribution in [0.2, 0.25) is 0 Å². The predicted molar refractivity (Wildman–Crippen MR) is 90.4 cm³/mol. The van der Waals surface area contributed by atoms with Gasteiger partial charge in [0.1, 0.15) is 18.0 Å². The minimum Gasteiger partial charge on any atom is -0.487 e. The molecular weight excluding hydrogens is 316 g/mol. The summed E-state index contributed by atoms with van der Waals surface area (Å²) in [5.41, 5.74) is 0.832. The molecule has 0 atom stereocenters. The van der Waals surface area contributed by atoms with Gasteiger partial charge in [-0.2, -0.15) is 0 Å².